The lowest BCUT2D eigenvalue weighted by Gasteiger charge is -2.36. The van der Waals surface area contributed by atoms with Gasteiger partial charge >= 0.3 is 0 Å². The van der Waals surface area contributed by atoms with Crippen molar-refractivity contribution in [1.82, 2.24) is 10.2 Å². The highest BCUT2D eigenvalue weighted by atomic mass is 35.5. The molecule has 2 heterocycles. The Morgan fingerprint density at radius 3 is 2.35 bits per heavy atom. The highest BCUT2D eigenvalue weighted by Gasteiger charge is 2.39. The van der Waals surface area contributed by atoms with Crippen LogP contribution in [-0.4, -0.2) is 62.0 Å². The number of hydrogen-bond acceptors (Lipinski definition) is 5. The number of anilines is 2. The third-order valence-electron chi connectivity index (χ3n) is 5.82. The Kier molecular flexibility index (Phi) is 7.13. The molecular weight excluding hydrogens is 435 g/mol. The van der Waals surface area contributed by atoms with Crippen LogP contribution in [0.15, 0.2) is 48.5 Å². The highest BCUT2D eigenvalue weighted by molar-refractivity contribution is 6.31. The number of amides is 2. The van der Waals surface area contributed by atoms with Gasteiger partial charge in [-0.3, -0.25) is 14.5 Å². The fraction of sp³-hybridized carbons (Fsp3) is 0.391. The lowest BCUT2D eigenvalue weighted by atomic mass is 10.2. The van der Waals surface area contributed by atoms with Gasteiger partial charge in [0.1, 0.15) is 0 Å². The summed E-state index contributed by atoms with van der Waals surface area (Å²) < 4.78 is 0. The fourth-order valence-corrected chi connectivity index (χ4v) is 4.44. The predicted molar refractivity (Wildman–Crippen MR) is 125 cm³/mol. The van der Waals surface area contributed by atoms with Crippen LogP contribution >= 0.6 is 23.2 Å². The number of nitrogens with zero attached hydrogens (tertiary/aromatic N) is 3. The second-order valence-electron chi connectivity index (χ2n) is 7.92. The molecule has 4 rings (SSSR count). The summed E-state index contributed by atoms with van der Waals surface area (Å²) >= 11 is 12.0. The zero-order chi connectivity index (χ0) is 21.8. The molecule has 1 unspecified atom stereocenters. The molecule has 0 aromatic heterocycles. The minimum atomic E-state index is -0.456. The van der Waals surface area contributed by atoms with Crippen LogP contribution in [0.1, 0.15) is 12.8 Å². The van der Waals surface area contributed by atoms with Crippen molar-refractivity contribution in [2.45, 2.75) is 18.9 Å². The van der Waals surface area contributed by atoms with Crippen molar-refractivity contribution < 1.29 is 9.59 Å². The van der Waals surface area contributed by atoms with Crippen LogP contribution in [0.3, 0.4) is 0 Å². The maximum atomic E-state index is 12.7. The molecular formula is C23H26Cl2N4O2. The van der Waals surface area contributed by atoms with Gasteiger partial charge in [0.15, 0.2) is 0 Å². The summed E-state index contributed by atoms with van der Waals surface area (Å²) in [4.78, 5) is 31.1. The highest BCUT2D eigenvalue weighted by Crippen LogP contribution is 2.24. The van der Waals surface area contributed by atoms with Gasteiger partial charge in [0.25, 0.3) is 5.91 Å². The molecule has 164 valence electrons. The molecule has 2 aliphatic rings. The molecule has 6 nitrogen and oxygen atoms in total. The van der Waals surface area contributed by atoms with Gasteiger partial charge in [-0.15, -0.1) is 0 Å². The Bertz CT molecular complexity index is 929. The van der Waals surface area contributed by atoms with E-state index in [9.17, 15) is 9.59 Å². The molecule has 2 amide bonds. The summed E-state index contributed by atoms with van der Waals surface area (Å²) in [6.07, 6.45) is 1.12. The molecule has 31 heavy (non-hydrogen) atoms. The maximum Gasteiger partial charge on any atom is 0.251 e. The summed E-state index contributed by atoms with van der Waals surface area (Å²) in [5, 5.41) is 4.60. The molecule has 0 spiro atoms. The van der Waals surface area contributed by atoms with Crippen molar-refractivity contribution in [2.75, 3.05) is 49.1 Å². The molecule has 0 aliphatic carbocycles. The largest absolute Gasteiger partial charge is 0.369 e. The van der Waals surface area contributed by atoms with E-state index in [1.165, 1.54) is 10.6 Å². The van der Waals surface area contributed by atoms with Gasteiger partial charge in [-0.25, -0.2) is 4.90 Å². The predicted octanol–water partition coefficient (Wildman–Crippen LogP) is 3.43. The van der Waals surface area contributed by atoms with E-state index in [0.29, 0.717) is 17.3 Å². The van der Waals surface area contributed by atoms with Crippen LogP contribution in [-0.2, 0) is 9.59 Å². The average Bonchev–Trinajstić information content (AvgIpc) is 3.05. The summed E-state index contributed by atoms with van der Waals surface area (Å²) in [7, 11) is 0. The molecule has 1 atom stereocenters. The van der Waals surface area contributed by atoms with Crippen LogP contribution in [0.5, 0.6) is 0 Å². The number of piperazine rings is 1. The second-order valence-corrected chi connectivity index (χ2v) is 8.79. The SMILES string of the molecule is O=C1CC(NCCCN2CCN(c3cccc(Cl)c3)CC2)C(=O)N1c1ccc(Cl)cc1. The first-order chi connectivity index (χ1) is 15.0. The number of carbonyl (C=O) groups is 2. The van der Waals surface area contributed by atoms with Crippen LogP contribution in [0.2, 0.25) is 10.0 Å². The van der Waals surface area contributed by atoms with E-state index in [0.717, 1.165) is 44.2 Å². The van der Waals surface area contributed by atoms with E-state index in [1.807, 2.05) is 18.2 Å². The molecule has 1 N–H and O–H groups in total. The zero-order valence-corrected chi connectivity index (χ0v) is 18.8. The molecule has 0 bridgehead atoms. The van der Waals surface area contributed by atoms with Crippen LogP contribution in [0, 0.1) is 0 Å². The molecule has 2 aromatic rings. The third kappa shape index (κ3) is 5.39. The van der Waals surface area contributed by atoms with Crippen molar-refractivity contribution >= 4 is 46.4 Å². The summed E-state index contributed by atoms with van der Waals surface area (Å²) in [5.41, 5.74) is 1.74. The van der Waals surface area contributed by atoms with Crippen molar-refractivity contribution in [2.24, 2.45) is 0 Å². The normalized spacial score (nSPS) is 20.0. The number of nitrogens with one attached hydrogen (secondary N) is 1. The lowest BCUT2D eigenvalue weighted by molar-refractivity contribution is -0.121. The Morgan fingerprint density at radius 1 is 0.903 bits per heavy atom. The molecule has 2 aliphatic heterocycles. The van der Waals surface area contributed by atoms with Gasteiger partial charge in [0.05, 0.1) is 18.2 Å². The van der Waals surface area contributed by atoms with E-state index >= 15 is 0 Å². The Balaban J connectivity index is 1.19. The topological polar surface area (TPSA) is 55.9 Å². The minimum Gasteiger partial charge on any atom is -0.369 e. The van der Waals surface area contributed by atoms with Gasteiger partial charge in [0, 0.05) is 41.9 Å². The third-order valence-corrected chi connectivity index (χ3v) is 6.31. The minimum absolute atomic E-state index is 0.179. The van der Waals surface area contributed by atoms with E-state index in [-0.39, 0.29) is 18.2 Å². The van der Waals surface area contributed by atoms with Crippen molar-refractivity contribution in [3.63, 3.8) is 0 Å². The molecule has 0 radical (unpaired) electrons. The zero-order valence-electron chi connectivity index (χ0n) is 17.3. The monoisotopic (exact) mass is 460 g/mol. The van der Waals surface area contributed by atoms with Crippen LogP contribution < -0.4 is 15.1 Å². The van der Waals surface area contributed by atoms with Gasteiger partial charge in [-0.2, -0.15) is 0 Å². The maximum absolute atomic E-state index is 12.7. The number of carbonyl (C=O) groups excluding carboxylic acids is 2. The number of imide groups is 1. The van der Waals surface area contributed by atoms with Gasteiger partial charge in [-0.05, 0) is 62.0 Å². The van der Waals surface area contributed by atoms with Crippen LogP contribution in [0.4, 0.5) is 11.4 Å². The lowest BCUT2D eigenvalue weighted by Crippen LogP contribution is -2.47. The Hall–Kier alpha value is -2.12. The molecule has 2 aromatic carbocycles. The van der Waals surface area contributed by atoms with Crippen molar-refractivity contribution in [3.8, 4) is 0 Å². The number of rotatable bonds is 7. The van der Waals surface area contributed by atoms with E-state index < -0.39 is 6.04 Å². The molecule has 0 saturated carbocycles. The van der Waals surface area contributed by atoms with Gasteiger partial charge in [0.2, 0.25) is 5.91 Å². The molecule has 2 fully saturated rings. The number of hydrogen-bond donors (Lipinski definition) is 1. The molecule has 8 heteroatoms. The summed E-state index contributed by atoms with van der Waals surface area (Å²) in [5.74, 6) is -0.371. The second kappa shape index (κ2) is 10.0. The molecule has 2 saturated heterocycles. The van der Waals surface area contributed by atoms with Crippen molar-refractivity contribution in [3.05, 3.63) is 58.6 Å². The quantitative estimate of drug-likeness (QED) is 0.506. The van der Waals surface area contributed by atoms with Crippen molar-refractivity contribution in [1.29, 1.82) is 0 Å². The first-order valence-electron chi connectivity index (χ1n) is 10.6. The summed E-state index contributed by atoms with van der Waals surface area (Å²) in [6, 6.07) is 14.3. The van der Waals surface area contributed by atoms with E-state index in [4.69, 9.17) is 23.2 Å². The van der Waals surface area contributed by atoms with Gasteiger partial charge < -0.3 is 10.2 Å². The Morgan fingerprint density at radius 2 is 1.65 bits per heavy atom. The van der Waals surface area contributed by atoms with Gasteiger partial charge in [-0.1, -0.05) is 29.3 Å². The number of halogens is 2. The first kappa shape index (κ1) is 22.1. The Labute approximate surface area is 192 Å². The smallest absolute Gasteiger partial charge is 0.251 e. The number of benzene rings is 2. The van der Waals surface area contributed by atoms with Crippen LogP contribution in [0.25, 0.3) is 0 Å². The standard InChI is InChI=1S/C23H26Cl2N4O2/c24-17-5-7-19(8-6-17)29-22(30)16-21(23(29)31)26-9-2-10-27-11-13-28(14-12-27)20-4-1-3-18(25)15-20/h1,3-8,15,21,26H,2,9-14,16H2. The fourth-order valence-electron chi connectivity index (χ4n) is 4.13. The first-order valence-corrected chi connectivity index (χ1v) is 11.4. The summed E-state index contributed by atoms with van der Waals surface area (Å²) in [6.45, 7) is 5.60. The van der Waals surface area contributed by atoms with E-state index in [2.05, 4.69) is 21.2 Å². The average molecular weight is 461 g/mol. The van der Waals surface area contributed by atoms with E-state index in [1.54, 1.807) is 24.3 Å².